The van der Waals surface area contributed by atoms with Gasteiger partial charge >= 0.3 is 0 Å². The summed E-state index contributed by atoms with van der Waals surface area (Å²) >= 11 is 0. The topological polar surface area (TPSA) is 43.8 Å². The third-order valence-corrected chi connectivity index (χ3v) is 2.71. The van der Waals surface area contributed by atoms with E-state index in [0.29, 0.717) is 6.04 Å². The van der Waals surface area contributed by atoms with Gasteiger partial charge in [-0.3, -0.25) is 0 Å². The zero-order valence-electron chi connectivity index (χ0n) is 9.94. The number of imidazole rings is 1. The summed E-state index contributed by atoms with van der Waals surface area (Å²) in [4.78, 5) is 4.37. The van der Waals surface area contributed by atoms with Crippen LogP contribution in [0.1, 0.15) is 25.5 Å². The maximum atomic E-state index is 6.07. The molecule has 2 rings (SSSR count). The highest BCUT2D eigenvalue weighted by Crippen LogP contribution is 2.26. The van der Waals surface area contributed by atoms with E-state index in [1.165, 1.54) is 5.56 Å². The van der Waals surface area contributed by atoms with Gasteiger partial charge in [-0.1, -0.05) is 29.8 Å². The molecule has 3 nitrogen and oxygen atoms in total. The van der Waals surface area contributed by atoms with Gasteiger partial charge in [0.25, 0.3) is 0 Å². The molecule has 0 atom stereocenters. The molecule has 2 N–H and O–H groups in total. The molecule has 16 heavy (non-hydrogen) atoms. The summed E-state index contributed by atoms with van der Waals surface area (Å²) in [5.74, 6) is 0.735. The van der Waals surface area contributed by atoms with Gasteiger partial charge in [0.2, 0.25) is 0 Å². The summed E-state index contributed by atoms with van der Waals surface area (Å²) in [5.41, 5.74) is 9.26. The lowest BCUT2D eigenvalue weighted by Crippen LogP contribution is -2.04. The number of nitrogen functional groups attached to an aromatic ring is 1. The maximum absolute atomic E-state index is 6.07. The minimum atomic E-state index is 0.340. The van der Waals surface area contributed by atoms with Gasteiger partial charge < -0.3 is 10.3 Å². The van der Waals surface area contributed by atoms with Gasteiger partial charge in [0.15, 0.2) is 0 Å². The lowest BCUT2D eigenvalue weighted by molar-refractivity contribution is 0.607. The highest BCUT2D eigenvalue weighted by atomic mass is 15.1. The van der Waals surface area contributed by atoms with Gasteiger partial charge in [-0.25, -0.2) is 4.98 Å². The van der Waals surface area contributed by atoms with Crippen LogP contribution < -0.4 is 5.73 Å². The fraction of sp³-hybridized carbons (Fsp3) is 0.308. The first-order valence-corrected chi connectivity index (χ1v) is 5.49. The van der Waals surface area contributed by atoms with Gasteiger partial charge in [0.1, 0.15) is 11.5 Å². The summed E-state index contributed by atoms with van der Waals surface area (Å²) in [5, 5.41) is 0. The number of benzene rings is 1. The zero-order chi connectivity index (χ0) is 11.7. The SMILES string of the molecule is Cc1ccc(-c2ncn(C(C)C)c2N)cc1. The molecule has 0 saturated heterocycles. The first kappa shape index (κ1) is 10.7. The van der Waals surface area contributed by atoms with Crippen molar-refractivity contribution in [3.63, 3.8) is 0 Å². The van der Waals surface area contributed by atoms with Gasteiger partial charge in [-0.05, 0) is 20.8 Å². The molecule has 2 aromatic rings. The molecule has 0 bridgehead atoms. The van der Waals surface area contributed by atoms with Crippen LogP contribution >= 0.6 is 0 Å². The Morgan fingerprint density at radius 3 is 2.31 bits per heavy atom. The summed E-state index contributed by atoms with van der Waals surface area (Å²) in [6.45, 7) is 6.26. The van der Waals surface area contributed by atoms with Crippen molar-refractivity contribution in [3.05, 3.63) is 36.2 Å². The Balaban J connectivity index is 2.45. The first-order valence-electron chi connectivity index (χ1n) is 5.49. The Bertz CT molecular complexity index is 480. The minimum absolute atomic E-state index is 0.340. The van der Waals surface area contributed by atoms with Crippen molar-refractivity contribution in [2.24, 2.45) is 0 Å². The standard InChI is InChI=1S/C13H17N3/c1-9(2)16-8-15-12(13(16)14)11-6-4-10(3)5-7-11/h4-9H,14H2,1-3H3. The van der Waals surface area contributed by atoms with Crippen molar-refractivity contribution in [1.82, 2.24) is 9.55 Å². The Morgan fingerprint density at radius 1 is 1.19 bits per heavy atom. The van der Waals surface area contributed by atoms with Crippen LogP contribution in [0.15, 0.2) is 30.6 Å². The number of nitrogens with zero attached hydrogens (tertiary/aromatic N) is 2. The van der Waals surface area contributed by atoms with Gasteiger partial charge in [0, 0.05) is 11.6 Å². The molecule has 84 valence electrons. The van der Waals surface area contributed by atoms with Crippen molar-refractivity contribution in [3.8, 4) is 11.3 Å². The van der Waals surface area contributed by atoms with Crippen LogP contribution in [0.3, 0.4) is 0 Å². The molecule has 1 aromatic carbocycles. The van der Waals surface area contributed by atoms with E-state index >= 15 is 0 Å². The Hall–Kier alpha value is -1.77. The smallest absolute Gasteiger partial charge is 0.131 e. The van der Waals surface area contributed by atoms with Crippen molar-refractivity contribution < 1.29 is 0 Å². The molecule has 0 spiro atoms. The third-order valence-electron chi connectivity index (χ3n) is 2.71. The number of hydrogen-bond donors (Lipinski definition) is 1. The normalized spacial score (nSPS) is 11.0. The van der Waals surface area contributed by atoms with Crippen LogP contribution in [-0.4, -0.2) is 9.55 Å². The predicted molar refractivity (Wildman–Crippen MR) is 67.2 cm³/mol. The lowest BCUT2D eigenvalue weighted by Gasteiger charge is -2.09. The van der Waals surface area contributed by atoms with Gasteiger partial charge in [-0.2, -0.15) is 0 Å². The van der Waals surface area contributed by atoms with E-state index in [1.807, 2.05) is 4.57 Å². The molecule has 0 fully saturated rings. The first-order chi connectivity index (χ1) is 7.59. The Kier molecular flexibility index (Phi) is 2.69. The molecule has 3 heteroatoms. The molecule has 1 heterocycles. The molecule has 0 aliphatic heterocycles. The number of aromatic nitrogens is 2. The number of nitrogens with two attached hydrogens (primary N) is 1. The Labute approximate surface area is 95.9 Å². The highest BCUT2D eigenvalue weighted by Gasteiger charge is 2.11. The van der Waals surface area contributed by atoms with Crippen molar-refractivity contribution in [2.75, 3.05) is 5.73 Å². The lowest BCUT2D eigenvalue weighted by atomic mass is 10.1. The third kappa shape index (κ3) is 1.81. The molecule has 0 amide bonds. The second kappa shape index (κ2) is 4.00. The van der Waals surface area contributed by atoms with E-state index in [-0.39, 0.29) is 0 Å². The van der Waals surface area contributed by atoms with E-state index in [1.54, 1.807) is 6.33 Å². The van der Waals surface area contributed by atoms with Crippen molar-refractivity contribution >= 4 is 5.82 Å². The van der Waals surface area contributed by atoms with Crippen LogP contribution in [0, 0.1) is 6.92 Å². The second-order valence-electron chi connectivity index (χ2n) is 4.35. The van der Waals surface area contributed by atoms with Crippen molar-refractivity contribution in [2.45, 2.75) is 26.8 Å². The maximum Gasteiger partial charge on any atom is 0.131 e. The number of anilines is 1. The highest BCUT2D eigenvalue weighted by molar-refractivity contribution is 5.70. The fourth-order valence-electron chi connectivity index (χ4n) is 1.72. The summed E-state index contributed by atoms with van der Waals surface area (Å²) < 4.78 is 1.98. The minimum Gasteiger partial charge on any atom is -0.383 e. The molecular formula is C13H17N3. The van der Waals surface area contributed by atoms with Crippen LogP contribution in [0.2, 0.25) is 0 Å². The largest absolute Gasteiger partial charge is 0.383 e. The van der Waals surface area contributed by atoms with Gasteiger partial charge in [-0.15, -0.1) is 0 Å². The number of aryl methyl sites for hydroxylation is 1. The summed E-state index contributed by atoms with van der Waals surface area (Å²) in [6, 6.07) is 8.59. The van der Waals surface area contributed by atoms with Crippen LogP contribution in [-0.2, 0) is 0 Å². The van der Waals surface area contributed by atoms with E-state index < -0.39 is 0 Å². The molecule has 0 radical (unpaired) electrons. The molecule has 0 aliphatic carbocycles. The molecule has 1 aromatic heterocycles. The van der Waals surface area contributed by atoms with E-state index in [9.17, 15) is 0 Å². The predicted octanol–water partition coefficient (Wildman–Crippen LogP) is 3.02. The zero-order valence-corrected chi connectivity index (χ0v) is 9.94. The summed E-state index contributed by atoms with van der Waals surface area (Å²) in [6.07, 6.45) is 1.80. The molecular weight excluding hydrogens is 198 g/mol. The average molecular weight is 215 g/mol. The number of hydrogen-bond acceptors (Lipinski definition) is 2. The van der Waals surface area contributed by atoms with E-state index in [4.69, 9.17) is 5.73 Å². The Morgan fingerprint density at radius 2 is 1.81 bits per heavy atom. The second-order valence-corrected chi connectivity index (χ2v) is 4.35. The van der Waals surface area contributed by atoms with E-state index in [2.05, 4.69) is 50.0 Å². The quantitative estimate of drug-likeness (QED) is 0.836. The van der Waals surface area contributed by atoms with Crippen LogP contribution in [0.25, 0.3) is 11.3 Å². The molecule has 0 saturated carbocycles. The van der Waals surface area contributed by atoms with Crippen molar-refractivity contribution in [1.29, 1.82) is 0 Å². The summed E-state index contributed by atoms with van der Waals surface area (Å²) in [7, 11) is 0. The average Bonchev–Trinajstić information content (AvgIpc) is 2.61. The van der Waals surface area contributed by atoms with Gasteiger partial charge in [0.05, 0.1) is 6.33 Å². The monoisotopic (exact) mass is 215 g/mol. The van der Waals surface area contributed by atoms with Crippen LogP contribution in [0.5, 0.6) is 0 Å². The van der Waals surface area contributed by atoms with E-state index in [0.717, 1.165) is 17.1 Å². The van der Waals surface area contributed by atoms with Crippen LogP contribution in [0.4, 0.5) is 5.82 Å². The fourth-order valence-corrected chi connectivity index (χ4v) is 1.72. The molecule has 0 unspecified atom stereocenters. The number of rotatable bonds is 2. The molecule has 0 aliphatic rings.